The summed E-state index contributed by atoms with van der Waals surface area (Å²) in [5.74, 6) is 0. The van der Waals surface area contributed by atoms with Crippen molar-refractivity contribution in [2.45, 2.75) is 18.1 Å². The summed E-state index contributed by atoms with van der Waals surface area (Å²) in [4.78, 5) is 17.1. The van der Waals surface area contributed by atoms with E-state index in [0.717, 1.165) is 17.1 Å². The number of aromatic nitrogens is 4. The average molecular weight is 312 g/mol. The van der Waals surface area contributed by atoms with Gasteiger partial charge in [-0.15, -0.1) is 0 Å². The third-order valence-electron chi connectivity index (χ3n) is 3.47. The standard InChI is InChI=1S/C16H16N4OS/c1-22-16-17-11-14(13-9-18-19-10-13)15(21)20(16)8-7-12-5-3-2-4-6-12/h2-6,9-11H,7-8H2,1H3,(H,18,19). The molecule has 0 fully saturated rings. The highest BCUT2D eigenvalue weighted by Crippen LogP contribution is 2.16. The van der Waals surface area contributed by atoms with Gasteiger partial charge in [-0.25, -0.2) is 4.98 Å². The van der Waals surface area contributed by atoms with Crippen molar-refractivity contribution in [1.82, 2.24) is 19.7 Å². The van der Waals surface area contributed by atoms with Crippen molar-refractivity contribution in [3.8, 4) is 11.1 Å². The van der Waals surface area contributed by atoms with E-state index in [0.29, 0.717) is 12.1 Å². The van der Waals surface area contributed by atoms with Crippen molar-refractivity contribution >= 4 is 11.8 Å². The van der Waals surface area contributed by atoms with Crippen molar-refractivity contribution in [1.29, 1.82) is 0 Å². The van der Waals surface area contributed by atoms with Crippen LogP contribution in [-0.2, 0) is 13.0 Å². The molecule has 22 heavy (non-hydrogen) atoms. The quantitative estimate of drug-likeness (QED) is 0.581. The molecule has 0 aliphatic carbocycles. The number of nitrogens with one attached hydrogen (secondary N) is 1. The normalized spacial score (nSPS) is 10.8. The summed E-state index contributed by atoms with van der Waals surface area (Å²) in [5.41, 5.74) is 2.50. The fourth-order valence-corrected chi connectivity index (χ4v) is 2.87. The van der Waals surface area contributed by atoms with E-state index >= 15 is 0 Å². The number of H-pyrrole nitrogens is 1. The predicted octanol–water partition coefficient (Wildman–Crippen LogP) is 2.60. The van der Waals surface area contributed by atoms with E-state index in [-0.39, 0.29) is 5.56 Å². The van der Waals surface area contributed by atoms with E-state index in [1.165, 1.54) is 17.3 Å². The lowest BCUT2D eigenvalue weighted by Gasteiger charge is -2.11. The van der Waals surface area contributed by atoms with E-state index in [4.69, 9.17) is 0 Å². The topological polar surface area (TPSA) is 63.6 Å². The maximum atomic E-state index is 12.7. The van der Waals surface area contributed by atoms with Gasteiger partial charge in [0.1, 0.15) is 0 Å². The Morgan fingerprint density at radius 1 is 1.23 bits per heavy atom. The predicted molar refractivity (Wildman–Crippen MR) is 88.0 cm³/mol. The third-order valence-corrected chi connectivity index (χ3v) is 4.16. The monoisotopic (exact) mass is 312 g/mol. The number of aromatic amines is 1. The van der Waals surface area contributed by atoms with Crippen LogP contribution in [0.4, 0.5) is 0 Å². The van der Waals surface area contributed by atoms with Gasteiger partial charge in [0.25, 0.3) is 5.56 Å². The van der Waals surface area contributed by atoms with Gasteiger partial charge in [-0.3, -0.25) is 14.5 Å². The van der Waals surface area contributed by atoms with E-state index in [2.05, 4.69) is 27.3 Å². The molecular weight excluding hydrogens is 296 g/mol. The molecule has 0 aliphatic heterocycles. The lowest BCUT2D eigenvalue weighted by atomic mass is 10.1. The zero-order chi connectivity index (χ0) is 15.4. The molecule has 112 valence electrons. The van der Waals surface area contributed by atoms with Crippen LogP contribution in [-0.4, -0.2) is 26.0 Å². The average Bonchev–Trinajstić information content (AvgIpc) is 3.08. The van der Waals surface area contributed by atoms with Gasteiger partial charge >= 0.3 is 0 Å². The second-order valence-electron chi connectivity index (χ2n) is 4.84. The molecular formula is C16H16N4OS. The Morgan fingerprint density at radius 2 is 2.05 bits per heavy atom. The molecule has 0 radical (unpaired) electrons. The Morgan fingerprint density at radius 3 is 2.73 bits per heavy atom. The van der Waals surface area contributed by atoms with Gasteiger partial charge in [0.2, 0.25) is 0 Å². The van der Waals surface area contributed by atoms with Crippen LogP contribution >= 0.6 is 11.8 Å². The van der Waals surface area contributed by atoms with Gasteiger partial charge in [0.05, 0.1) is 11.8 Å². The van der Waals surface area contributed by atoms with E-state index < -0.39 is 0 Å². The summed E-state index contributed by atoms with van der Waals surface area (Å²) in [6, 6.07) is 10.1. The third kappa shape index (κ3) is 2.96. The number of nitrogens with zero attached hydrogens (tertiary/aromatic N) is 3. The Hall–Kier alpha value is -2.34. The van der Waals surface area contributed by atoms with Crippen LogP contribution in [0.1, 0.15) is 5.56 Å². The first kappa shape index (κ1) is 14.6. The Kier molecular flexibility index (Phi) is 4.39. The summed E-state index contributed by atoms with van der Waals surface area (Å²) in [6.07, 6.45) is 7.69. The summed E-state index contributed by atoms with van der Waals surface area (Å²) >= 11 is 1.48. The number of hydrogen-bond acceptors (Lipinski definition) is 4. The minimum absolute atomic E-state index is 0.0309. The fourth-order valence-electron chi connectivity index (χ4n) is 2.32. The van der Waals surface area contributed by atoms with E-state index in [1.54, 1.807) is 23.2 Å². The molecule has 0 bridgehead atoms. The second-order valence-corrected chi connectivity index (χ2v) is 5.61. The summed E-state index contributed by atoms with van der Waals surface area (Å²) in [5, 5.41) is 7.36. The minimum Gasteiger partial charge on any atom is -0.287 e. The van der Waals surface area contributed by atoms with Gasteiger partial charge < -0.3 is 0 Å². The lowest BCUT2D eigenvalue weighted by Crippen LogP contribution is -2.25. The van der Waals surface area contributed by atoms with Crippen molar-refractivity contribution in [3.63, 3.8) is 0 Å². The smallest absolute Gasteiger partial charge is 0.262 e. The van der Waals surface area contributed by atoms with Crippen LogP contribution in [0, 0.1) is 0 Å². The van der Waals surface area contributed by atoms with Crippen LogP contribution in [0.2, 0.25) is 0 Å². The first-order valence-corrected chi connectivity index (χ1v) is 8.19. The van der Waals surface area contributed by atoms with Crippen LogP contribution in [0.25, 0.3) is 11.1 Å². The molecule has 0 saturated heterocycles. The Labute approximate surface area is 132 Å². The molecule has 0 unspecified atom stereocenters. The second kappa shape index (κ2) is 6.62. The highest BCUT2D eigenvalue weighted by atomic mass is 32.2. The molecule has 2 aromatic heterocycles. The zero-order valence-electron chi connectivity index (χ0n) is 12.2. The van der Waals surface area contributed by atoms with Crippen LogP contribution in [0.3, 0.4) is 0 Å². The lowest BCUT2D eigenvalue weighted by molar-refractivity contribution is 0.588. The van der Waals surface area contributed by atoms with Crippen LogP contribution in [0.5, 0.6) is 0 Å². The van der Waals surface area contributed by atoms with Gasteiger partial charge in [0, 0.05) is 24.5 Å². The summed E-state index contributed by atoms with van der Waals surface area (Å²) in [6.45, 7) is 0.609. The van der Waals surface area contributed by atoms with Crippen molar-refractivity contribution < 1.29 is 0 Å². The molecule has 1 aromatic carbocycles. The molecule has 1 N–H and O–H groups in total. The number of aryl methyl sites for hydroxylation is 1. The first-order chi connectivity index (χ1) is 10.8. The highest BCUT2D eigenvalue weighted by Gasteiger charge is 2.12. The van der Waals surface area contributed by atoms with Crippen LogP contribution in [0.15, 0.2) is 58.9 Å². The number of benzene rings is 1. The molecule has 0 amide bonds. The molecule has 0 saturated carbocycles. The summed E-state index contributed by atoms with van der Waals surface area (Å²) in [7, 11) is 0. The number of rotatable bonds is 5. The molecule has 3 rings (SSSR count). The molecule has 6 heteroatoms. The summed E-state index contributed by atoms with van der Waals surface area (Å²) < 4.78 is 1.74. The molecule has 0 atom stereocenters. The van der Waals surface area contributed by atoms with Crippen molar-refractivity contribution in [2.75, 3.05) is 6.26 Å². The van der Waals surface area contributed by atoms with Gasteiger partial charge in [-0.2, -0.15) is 5.10 Å². The molecule has 2 heterocycles. The number of thioether (sulfide) groups is 1. The molecule has 3 aromatic rings. The van der Waals surface area contributed by atoms with Gasteiger partial charge in [-0.05, 0) is 18.2 Å². The SMILES string of the molecule is CSc1ncc(-c2cn[nH]c2)c(=O)n1CCc1ccccc1. The van der Waals surface area contributed by atoms with E-state index in [1.807, 2.05) is 24.5 Å². The zero-order valence-corrected chi connectivity index (χ0v) is 13.0. The maximum Gasteiger partial charge on any atom is 0.262 e. The Balaban J connectivity index is 1.95. The van der Waals surface area contributed by atoms with Crippen molar-refractivity contribution in [3.05, 3.63) is 64.8 Å². The van der Waals surface area contributed by atoms with Crippen LogP contribution < -0.4 is 5.56 Å². The Bertz CT molecular complexity index is 797. The van der Waals surface area contributed by atoms with E-state index in [9.17, 15) is 4.79 Å². The minimum atomic E-state index is -0.0309. The highest BCUT2D eigenvalue weighted by molar-refractivity contribution is 7.98. The first-order valence-electron chi connectivity index (χ1n) is 6.96. The van der Waals surface area contributed by atoms with Crippen molar-refractivity contribution in [2.24, 2.45) is 0 Å². The number of hydrogen-bond donors (Lipinski definition) is 1. The van der Waals surface area contributed by atoms with Gasteiger partial charge in [-0.1, -0.05) is 42.1 Å². The maximum absolute atomic E-state index is 12.7. The fraction of sp³-hybridized carbons (Fsp3) is 0.188. The molecule has 0 spiro atoms. The largest absolute Gasteiger partial charge is 0.287 e. The molecule has 0 aliphatic rings. The molecule has 5 nitrogen and oxygen atoms in total. The van der Waals surface area contributed by atoms with Gasteiger partial charge in [0.15, 0.2) is 5.16 Å².